The minimum Gasteiger partial charge on any atom is -0.479 e. The van der Waals surface area contributed by atoms with Crippen molar-refractivity contribution in [3.63, 3.8) is 0 Å². The Morgan fingerprint density at radius 1 is 0.852 bits per heavy atom. The predicted molar refractivity (Wildman–Crippen MR) is 312 cm³/mol. The molecule has 0 aromatic rings. The lowest BCUT2D eigenvalue weighted by Crippen LogP contribution is -2.75. The Labute approximate surface area is 487 Å². The van der Waals surface area contributed by atoms with Gasteiger partial charge in [-0.3, -0.25) is 4.79 Å². The van der Waals surface area contributed by atoms with Crippen LogP contribution in [0.15, 0.2) is 23.3 Å². The van der Waals surface area contributed by atoms with Crippen LogP contribution >= 0.6 is 12.6 Å². The number of aliphatic hydroxyl groups is 9. The molecule has 0 amide bonds. The van der Waals surface area contributed by atoms with Crippen LogP contribution in [0.4, 0.5) is 0 Å². The second-order valence-corrected chi connectivity index (χ2v) is 27.5. The van der Waals surface area contributed by atoms with E-state index in [9.17, 15) is 65.4 Å². The molecule has 81 heavy (non-hydrogen) atoms. The first-order chi connectivity index (χ1) is 37.8. The van der Waals surface area contributed by atoms with Crippen LogP contribution in [0.2, 0.25) is 21.2 Å². The molecule has 2 aliphatic heterocycles. The number of hydrogen-bond donors (Lipinski definition) is 11. The molecule has 21 nitrogen and oxygen atoms in total. The molecule has 5 aliphatic carbocycles. The van der Waals surface area contributed by atoms with Gasteiger partial charge in [-0.25, -0.2) is 9.59 Å². The van der Waals surface area contributed by atoms with Crippen molar-refractivity contribution < 1.29 is 103 Å². The summed E-state index contributed by atoms with van der Waals surface area (Å²) in [6.07, 6.45) is -15.8. The molecule has 0 aromatic heterocycles. The smallest absolute Gasteiger partial charge is 0.335 e. The van der Waals surface area contributed by atoms with E-state index in [1.165, 1.54) is 13.8 Å². The van der Waals surface area contributed by atoms with Gasteiger partial charge in [0, 0.05) is 23.1 Å². The van der Waals surface area contributed by atoms with Crippen LogP contribution in [0.25, 0.3) is 0 Å². The summed E-state index contributed by atoms with van der Waals surface area (Å²) < 4.78 is 48.3. The number of ether oxygens (including phenoxy) is 8. The molecule has 0 spiro atoms. The number of hydrogen-bond acceptors (Lipinski definition) is 21. The van der Waals surface area contributed by atoms with Gasteiger partial charge in [-0.1, -0.05) is 66.7 Å². The van der Waals surface area contributed by atoms with Crippen molar-refractivity contribution in [1.29, 1.82) is 0 Å². The van der Waals surface area contributed by atoms with E-state index in [0.29, 0.717) is 56.9 Å². The van der Waals surface area contributed by atoms with Crippen molar-refractivity contribution in [1.82, 2.24) is 0 Å². The summed E-state index contributed by atoms with van der Waals surface area (Å²) in [6.45, 7) is 8.38. The molecule has 7 rings (SSSR count). The third-order valence-electron chi connectivity index (χ3n) is 21.3. The molecule has 10 N–H and O–H groups in total. The van der Waals surface area contributed by atoms with Crippen LogP contribution in [-0.2, 0) is 52.3 Å². The highest BCUT2D eigenvalue weighted by atomic mass is 32.1. The Balaban J connectivity index is 1.23. The van der Waals surface area contributed by atoms with E-state index in [4.69, 9.17) is 50.5 Å². The molecule has 2 saturated heterocycles. The van der Waals surface area contributed by atoms with Gasteiger partial charge in [0.2, 0.25) is 0 Å². The number of esters is 2. The second kappa shape index (κ2) is 25.4. The quantitative estimate of drug-likeness (QED) is 0.0130. The first-order valence-corrected chi connectivity index (χ1v) is 29.8. The van der Waals surface area contributed by atoms with E-state index < -0.39 is 179 Å². The molecule has 2 heterocycles. The number of aliphatic carboxylic acids is 1. The number of carbonyl (C=O) groups excluding carboxylic acids is 2. The Morgan fingerprint density at radius 3 is 2.12 bits per heavy atom. The number of aliphatic hydroxyl groups excluding tert-OH is 9. The summed E-state index contributed by atoms with van der Waals surface area (Å²) in [5.74, 6) is -4.05. The normalized spacial score (nSPS) is 44.3. The fraction of sp³-hybridized carbons (Fsp3) is 0.868. The topological polar surface area (TPSA) is 327 Å². The summed E-state index contributed by atoms with van der Waals surface area (Å²) in [5, 5.41) is 110. The van der Waals surface area contributed by atoms with Crippen molar-refractivity contribution in [2.24, 2.45) is 29.1 Å². The molecule has 6 fully saturated rings. The molecular weight excluding hydrogens is 1070 g/mol. The average molecular weight is 1160 g/mol. The number of fused-ring (bicyclic) bond motifs is 7. The maximum atomic E-state index is 13.5. The minimum absolute atomic E-state index is 0.0821. The highest BCUT2D eigenvalue weighted by molar-refractivity contribution is 7.83. The number of carboxylic acids is 1. The van der Waals surface area contributed by atoms with Crippen molar-refractivity contribution >= 4 is 77.6 Å². The van der Waals surface area contributed by atoms with Gasteiger partial charge in [-0.05, 0) is 82.9 Å². The minimum atomic E-state index is -1.81. The Bertz CT molecular complexity index is 2300. The van der Waals surface area contributed by atoms with Gasteiger partial charge >= 0.3 is 17.9 Å². The molecule has 0 bridgehead atoms. The summed E-state index contributed by atoms with van der Waals surface area (Å²) in [7, 11) is 12.4. The summed E-state index contributed by atoms with van der Waals surface area (Å²) in [4.78, 5) is 40.3. The van der Waals surface area contributed by atoms with Gasteiger partial charge in [0.1, 0.15) is 103 Å². The lowest BCUT2D eigenvalue weighted by atomic mass is 9.20. The lowest BCUT2D eigenvalue weighted by Gasteiger charge is -2.74. The van der Waals surface area contributed by atoms with E-state index in [2.05, 4.69) is 37.5 Å². The SMILES string of the molecule is BC1(B)C2CC[C@]3(B)C(CC=C4C5C[C@@](B)(S)[C@@H](OC(=O)/C(C)=C\C)[C@H](O)[C@]5(COC(=O)C(C)CC)[C@H](O)[C@H](O)[C@]43B)[C@@]2(B)CC[C@@H]1OC(OC(C(=O)O)C(C[C@@H](C)O)O[C@H]1CC[C@H](CO)O1)[C@H](C)OC1OC(CO)C(O)C(O)C1O. The van der Waals surface area contributed by atoms with Crippen LogP contribution in [0.5, 0.6) is 0 Å². The van der Waals surface area contributed by atoms with Gasteiger partial charge in [0.15, 0.2) is 25.0 Å². The fourth-order valence-electron chi connectivity index (χ4n) is 16.0. The summed E-state index contributed by atoms with van der Waals surface area (Å²) >= 11 is 5.11. The number of carbonyl (C=O) groups is 3. The monoisotopic (exact) mass is 1160 g/mol. The predicted octanol–water partition coefficient (Wildman–Crippen LogP) is -4.24. The third-order valence-corrected chi connectivity index (χ3v) is 21.7. The molecular formula is C53H90B6O21S. The van der Waals surface area contributed by atoms with Gasteiger partial charge in [0.05, 0.1) is 55.1 Å². The molecule has 0 aromatic carbocycles. The molecule has 12 unspecified atom stereocenters. The van der Waals surface area contributed by atoms with Crippen LogP contribution in [0, 0.1) is 29.1 Å². The molecule has 452 valence electrons. The van der Waals surface area contributed by atoms with Crippen LogP contribution < -0.4 is 0 Å². The highest BCUT2D eigenvalue weighted by Crippen LogP contribution is 2.81. The maximum absolute atomic E-state index is 13.5. The van der Waals surface area contributed by atoms with Crippen molar-refractivity contribution in [3.05, 3.63) is 23.3 Å². The van der Waals surface area contributed by atoms with Gasteiger partial charge < -0.3 is 89.0 Å². The zero-order valence-electron chi connectivity index (χ0n) is 49.4. The lowest BCUT2D eigenvalue weighted by molar-refractivity contribution is -0.339. The third kappa shape index (κ3) is 12.0. The summed E-state index contributed by atoms with van der Waals surface area (Å²) in [6, 6.07) is 0. The fourth-order valence-corrected chi connectivity index (χ4v) is 16.3. The zero-order chi connectivity index (χ0) is 60.3. The Kier molecular flexibility index (Phi) is 20.9. The first-order valence-electron chi connectivity index (χ1n) is 29.3. The molecule has 0 radical (unpaired) electrons. The van der Waals surface area contributed by atoms with E-state index in [-0.39, 0.29) is 31.3 Å². The second-order valence-electron chi connectivity index (χ2n) is 26.4. The van der Waals surface area contributed by atoms with Crippen molar-refractivity contribution in [2.75, 3.05) is 19.8 Å². The van der Waals surface area contributed by atoms with E-state index >= 15 is 0 Å². The van der Waals surface area contributed by atoms with Gasteiger partial charge in [-0.15, -0.1) is 0 Å². The van der Waals surface area contributed by atoms with Gasteiger partial charge in [-0.2, -0.15) is 12.6 Å². The van der Waals surface area contributed by atoms with Crippen LogP contribution in [0.1, 0.15) is 106 Å². The molecule has 26 atom stereocenters. The number of rotatable bonds is 21. The largest absolute Gasteiger partial charge is 0.479 e. The number of thiol groups is 1. The molecule has 7 aliphatic rings. The van der Waals surface area contributed by atoms with E-state index in [0.717, 1.165) is 5.57 Å². The Hall–Kier alpha value is -1.97. The van der Waals surface area contributed by atoms with Crippen LogP contribution in [-0.4, -0.2) is 245 Å². The molecule has 28 heteroatoms. The standard InChI is InChI=1S/C53H90B6O21S/c1-7-22(3)44(71)73-21-48-28(18-51(56,81)42(41(48)68)80-45(72)23(4)8-2)27-10-11-31-49(54)15-14-33(53(58,59)32(49)13-16-50(31,55)52(27,57)40(67)39(48)66)78-46(25(6)74-47-37(65)36(64)35(63)30(20-61)77-47)79-38(43(69)70)29(17-24(5)62)76-34-12-9-26(19-60)75-34/h8,10,22,24-26,28-42,46-47,60-68,81H,7,9,11-21,54-59H2,1-6H3,(H,69,70)/b23-8-/t22?,24-,25+,26-,28?,29?,30?,31?,32?,33+,34+,35?,36?,37?,38?,39-,40+,41+,42+,46?,47?,48+,49+,50+,51-,52-/m1/s1. The van der Waals surface area contributed by atoms with Crippen LogP contribution in [0.3, 0.4) is 0 Å². The van der Waals surface area contributed by atoms with Crippen molar-refractivity contribution in [3.8, 4) is 0 Å². The first kappa shape index (κ1) is 66.6. The van der Waals surface area contributed by atoms with Gasteiger partial charge in [0.25, 0.3) is 0 Å². The molecule has 4 saturated carbocycles. The summed E-state index contributed by atoms with van der Waals surface area (Å²) in [5.41, 5.74) is -0.599. The average Bonchev–Trinajstić information content (AvgIpc) is 3.88. The zero-order valence-corrected chi connectivity index (χ0v) is 50.3. The van der Waals surface area contributed by atoms with E-state index in [1.54, 1.807) is 34.7 Å². The van der Waals surface area contributed by atoms with Crippen molar-refractivity contribution in [2.45, 2.75) is 236 Å². The van der Waals surface area contributed by atoms with E-state index in [1.807, 2.05) is 14.8 Å². The maximum Gasteiger partial charge on any atom is 0.335 e. The highest BCUT2D eigenvalue weighted by Gasteiger charge is 2.75. The Morgan fingerprint density at radius 2 is 1.53 bits per heavy atom. The number of allylic oxidation sites excluding steroid dienone is 2. The number of carboxylic acid groups (broad SMARTS) is 1.